The van der Waals surface area contributed by atoms with Crippen molar-refractivity contribution in [1.82, 2.24) is 9.80 Å². The maximum absolute atomic E-state index is 12.0. The topological polar surface area (TPSA) is 60.9 Å². The quantitative estimate of drug-likeness (QED) is 0.711. The minimum atomic E-state index is -1.06. The van der Waals surface area contributed by atoms with E-state index in [9.17, 15) is 9.59 Å². The number of aliphatic carboxylic acids is 1. The van der Waals surface area contributed by atoms with E-state index in [0.29, 0.717) is 0 Å². The Morgan fingerprint density at radius 2 is 1.88 bits per heavy atom. The molecule has 0 rings (SSSR count). The van der Waals surface area contributed by atoms with Crippen LogP contribution in [0.15, 0.2) is 0 Å². The molecule has 0 saturated heterocycles. The van der Waals surface area contributed by atoms with E-state index in [-0.39, 0.29) is 25.2 Å². The maximum Gasteiger partial charge on any atom is 0.323 e. The van der Waals surface area contributed by atoms with Crippen LogP contribution in [0, 0.1) is 12.3 Å². The fourth-order valence-electron chi connectivity index (χ4n) is 1.68. The van der Waals surface area contributed by atoms with Gasteiger partial charge in [0.05, 0.1) is 6.54 Å². The molecule has 0 aromatic rings. The number of terminal acetylenes is 1. The van der Waals surface area contributed by atoms with E-state index in [2.05, 4.69) is 5.92 Å². The van der Waals surface area contributed by atoms with Gasteiger partial charge in [-0.1, -0.05) is 19.8 Å². The van der Waals surface area contributed by atoms with Gasteiger partial charge in [0.1, 0.15) is 6.54 Å². The summed E-state index contributed by atoms with van der Waals surface area (Å²) in [5.74, 6) is 1.24. The Morgan fingerprint density at radius 3 is 2.24 bits per heavy atom. The summed E-state index contributed by atoms with van der Waals surface area (Å²) in [5, 5.41) is 8.71. The fraction of sp³-hybridized carbons (Fsp3) is 0.667. The van der Waals surface area contributed by atoms with E-state index >= 15 is 0 Å². The highest BCUT2D eigenvalue weighted by Crippen LogP contribution is 2.09. The SMILES string of the molecule is C#CCN(CC(=O)O)C(=O)N(C)C(CC)CC. The molecule has 0 unspecified atom stereocenters. The zero-order valence-corrected chi connectivity index (χ0v) is 10.6. The Hall–Kier alpha value is -1.70. The minimum Gasteiger partial charge on any atom is -0.480 e. The third-order valence-electron chi connectivity index (χ3n) is 2.67. The second-order valence-electron chi connectivity index (χ2n) is 3.82. The molecular weight excluding hydrogens is 220 g/mol. The summed E-state index contributed by atoms with van der Waals surface area (Å²) < 4.78 is 0. The molecule has 0 aromatic carbocycles. The van der Waals surface area contributed by atoms with E-state index in [4.69, 9.17) is 11.5 Å². The normalized spacial score (nSPS) is 9.82. The van der Waals surface area contributed by atoms with Gasteiger partial charge in [0.2, 0.25) is 0 Å². The molecule has 5 nitrogen and oxygen atoms in total. The number of hydrogen-bond acceptors (Lipinski definition) is 2. The third-order valence-corrected chi connectivity index (χ3v) is 2.67. The molecule has 0 aliphatic heterocycles. The van der Waals surface area contributed by atoms with Gasteiger partial charge in [0.25, 0.3) is 0 Å². The molecule has 0 fully saturated rings. The van der Waals surface area contributed by atoms with Gasteiger partial charge in [0.15, 0.2) is 0 Å². The van der Waals surface area contributed by atoms with Crippen LogP contribution in [0.1, 0.15) is 26.7 Å². The van der Waals surface area contributed by atoms with Crippen molar-refractivity contribution in [2.75, 3.05) is 20.1 Å². The molecule has 1 N–H and O–H groups in total. The number of rotatable bonds is 6. The van der Waals surface area contributed by atoms with Crippen molar-refractivity contribution in [3.63, 3.8) is 0 Å². The number of carboxylic acids is 1. The first-order chi connectivity index (χ1) is 7.97. The first kappa shape index (κ1) is 15.3. The smallest absolute Gasteiger partial charge is 0.323 e. The van der Waals surface area contributed by atoms with Crippen LogP contribution in [0.4, 0.5) is 4.79 Å². The lowest BCUT2D eigenvalue weighted by atomic mass is 10.1. The van der Waals surface area contributed by atoms with Crippen LogP contribution in [0.3, 0.4) is 0 Å². The van der Waals surface area contributed by atoms with Crippen LogP contribution in [0.5, 0.6) is 0 Å². The lowest BCUT2D eigenvalue weighted by molar-refractivity contribution is -0.137. The number of hydrogen-bond donors (Lipinski definition) is 1. The number of carboxylic acid groups (broad SMARTS) is 1. The van der Waals surface area contributed by atoms with Gasteiger partial charge in [-0.15, -0.1) is 6.42 Å². The van der Waals surface area contributed by atoms with Crippen molar-refractivity contribution < 1.29 is 14.7 Å². The molecule has 0 aromatic heterocycles. The van der Waals surface area contributed by atoms with Crippen LogP contribution in [0.25, 0.3) is 0 Å². The van der Waals surface area contributed by atoms with E-state index in [0.717, 1.165) is 17.7 Å². The minimum absolute atomic E-state index is 0.00955. The Bertz CT molecular complexity index is 305. The number of carbonyl (C=O) groups is 2. The fourth-order valence-corrected chi connectivity index (χ4v) is 1.68. The van der Waals surface area contributed by atoms with E-state index < -0.39 is 5.97 Å². The molecule has 0 heterocycles. The molecule has 0 aliphatic carbocycles. The molecule has 0 radical (unpaired) electrons. The van der Waals surface area contributed by atoms with E-state index in [1.54, 1.807) is 11.9 Å². The van der Waals surface area contributed by atoms with Crippen LogP contribution < -0.4 is 0 Å². The summed E-state index contributed by atoms with van der Waals surface area (Å²) in [7, 11) is 1.67. The van der Waals surface area contributed by atoms with Crippen molar-refractivity contribution in [1.29, 1.82) is 0 Å². The van der Waals surface area contributed by atoms with Gasteiger partial charge < -0.3 is 14.9 Å². The first-order valence-corrected chi connectivity index (χ1v) is 5.64. The van der Waals surface area contributed by atoms with Gasteiger partial charge >= 0.3 is 12.0 Å². The number of carbonyl (C=O) groups excluding carboxylic acids is 1. The standard InChI is InChI=1S/C12H20N2O3/c1-5-8-14(9-11(15)16)12(17)13(4)10(6-2)7-3/h1,10H,6-9H2,2-4H3,(H,15,16). The summed E-state index contributed by atoms with van der Waals surface area (Å²) in [6.07, 6.45) is 6.79. The predicted octanol–water partition coefficient (Wildman–Crippen LogP) is 1.25. The predicted molar refractivity (Wildman–Crippen MR) is 65.6 cm³/mol. The zero-order chi connectivity index (χ0) is 13.4. The van der Waals surface area contributed by atoms with Crippen molar-refractivity contribution >= 4 is 12.0 Å². The van der Waals surface area contributed by atoms with Gasteiger partial charge in [-0.05, 0) is 12.8 Å². The number of amides is 2. The van der Waals surface area contributed by atoms with Crippen LogP contribution in [0.2, 0.25) is 0 Å². The number of nitrogens with zero attached hydrogens (tertiary/aromatic N) is 2. The second kappa shape index (κ2) is 7.55. The lowest BCUT2D eigenvalue weighted by Gasteiger charge is -2.31. The van der Waals surface area contributed by atoms with E-state index in [1.807, 2.05) is 13.8 Å². The van der Waals surface area contributed by atoms with Crippen molar-refractivity contribution in [3.05, 3.63) is 0 Å². The molecule has 0 atom stereocenters. The van der Waals surface area contributed by atoms with Crippen molar-refractivity contribution in [2.45, 2.75) is 32.7 Å². The summed E-state index contributed by atoms with van der Waals surface area (Å²) in [5.41, 5.74) is 0. The Morgan fingerprint density at radius 1 is 1.35 bits per heavy atom. The molecule has 96 valence electrons. The average Bonchev–Trinajstić information content (AvgIpc) is 2.28. The van der Waals surface area contributed by atoms with Crippen molar-refractivity contribution in [3.8, 4) is 12.3 Å². The zero-order valence-electron chi connectivity index (χ0n) is 10.6. The molecule has 17 heavy (non-hydrogen) atoms. The van der Waals surface area contributed by atoms with Crippen LogP contribution in [-0.4, -0.2) is 53.1 Å². The summed E-state index contributed by atoms with van der Waals surface area (Å²) in [4.78, 5) is 25.4. The largest absolute Gasteiger partial charge is 0.480 e. The van der Waals surface area contributed by atoms with Gasteiger partial charge in [-0.3, -0.25) is 4.79 Å². The molecule has 2 amide bonds. The van der Waals surface area contributed by atoms with Crippen molar-refractivity contribution in [2.24, 2.45) is 0 Å². The molecule has 5 heteroatoms. The van der Waals surface area contributed by atoms with Gasteiger partial charge in [0, 0.05) is 13.1 Å². The molecule has 0 saturated carbocycles. The molecule has 0 bridgehead atoms. The maximum atomic E-state index is 12.0. The highest BCUT2D eigenvalue weighted by atomic mass is 16.4. The highest BCUT2D eigenvalue weighted by Gasteiger charge is 2.23. The Kier molecular flexibility index (Phi) is 6.80. The van der Waals surface area contributed by atoms with E-state index in [1.165, 1.54) is 0 Å². The monoisotopic (exact) mass is 240 g/mol. The summed E-state index contributed by atoms with van der Waals surface area (Å²) >= 11 is 0. The van der Waals surface area contributed by atoms with Gasteiger partial charge in [-0.2, -0.15) is 0 Å². The lowest BCUT2D eigenvalue weighted by Crippen LogP contribution is -2.47. The third kappa shape index (κ3) is 4.77. The summed E-state index contributed by atoms with van der Waals surface area (Å²) in [6.45, 7) is 3.62. The first-order valence-electron chi connectivity index (χ1n) is 5.64. The Labute approximate surface area is 102 Å². The van der Waals surface area contributed by atoms with Gasteiger partial charge in [-0.25, -0.2) is 4.79 Å². The second-order valence-corrected chi connectivity index (χ2v) is 3.82. The molecular formula is C12H20N2O3. The highest BCUT2D eigenvalue weighted by molar-refractivity contribution is 5.80. The molecule has 0 aliphatic rings. The summed E-state index contributed by atoms with van der Waals surface area (Å²) in [6, 6.07) is -0.226. The molecule has 0 spiro atoms. The van der Waals surface area contributed by atoms with Crippen LogP contribution >= 0.6 is 0 Å². The van der Waals surface area contributed by atoms with Crippen LogP contribution in [-0.2, 0) is 4.79 Å². The Balaban J connectivity index is 4.70. The number of urea groups is 1. The average molecular weight is 240 g/mol.